The molecule has 0 N–H and O–H groups in total. The Morgan fingerprint density at radius 2 is 2.00 bits per heavy atom. The fourth-order valence-electron chi connectivity index (χ4n) is 4.00. The van der Waals surface area contributed by atoms with Crippen LogP contribution in [0, 0.1) is 0 Å². The van der Waals surface area contributed by atoms with Gasteiger partial charge in [-0.2, -0.15) is 14.6 Å². The lowest BCUT2D eigenvalue weighted by atomic mass is 10.1. The van der Waals surface area contributed by atoms with Gasteiger partial charge in [0.15, 0.2) is 11.4 Å². The van der Waals surface area contributed by atoms with Crippen LogP contribution in [0.1, 0.15) is 12.8 Å². The zero-order valence-electron chi connectivity index (χ0n) is 16.8. The zero-order chi connectivity index (χ0) is 20.2. The van der Waals surface area contributed by atoms with E-state index in [2.05, 4.69) is 28.6 Å². The van der Waals surface area contributed by atoms with Crippen LogP contribution in [0.25, 0.3) is 5.70 Å². The number of ether oxygens (including phenoxy) is 3. The summed E-state index contributed by atoms with van der Waals surface area (Å²) in [5.74, 6) is 1.74. The molecule has 5 rings (SSSR count). The van der Waals surface area contributed by atoms with Crippen molar-refractivity contribution in [1.82, 2.24) is 14.3 Å². The lowest BCUT2D eigenvalue weighted by Crippen LogP contribution is -2.43. The van der Waals surface area contributed by atoms with E-state index in [1.165, 1.54) is 0 Å². The summed E-state index contributed by atoms with van der Waals surface area (Å²) in [7, 11) is 0. The third-order valence-electron chi connectivity index (χ3n) is 5.52. The quantitative estimate of drug-likeness (QED) is 0.520. The van der Waals surface area contributed by atoms with Crippen molar-refractivity contribution in [3.8, 4) is 5.75 Å². The van der Waals surface area contributed by atoms with Gasteiger partial charge in [0.2, 0.25) is 5.84 Å². The molecule has 0 aliphatic carbocycles. The van der Waals surface area contributed by atoms with Crippen LogP contribution in [-0.2, 0) is 9.47 Å². The van der Waals surface area contributed by atoms with Gasteiger partial charge in [-0.05, 0) is 31.1 Å². The van der Waals surface area contributed by atoms with Crippen molar-refractivity contribution in [2.24, 2.45) is 4.99 Å². The van der Waals surface area contributed by atoms with E-state index in [1.54, 1.807) is 6.20 Å². The predicted octanol–water partition coefficient (Wildman–Crippen LogP) is 3.72. The first-order chi connectivity index (χ1) is 14.9. The number of allylic oxidation sites excluding steroid dienone is 2. The average Bonchev–Trinajstić information content (AvgIpc) is 3.48. The molecule has 2 aromatic rings. The van der Waals surface area contributed by atoms with Gasteiger partial charge in [0.1, 0.15) is 24.7 Å². The molecule has 7 heteroatoms. The fourth-order valence-corrected chi connectivity index (χ4v) is 4.00. The van der Waals surface area contributed by atoms with Crippen LogP contribution in [-0.4, -0.2) is 48.1 Å². The van der Waals surface area contributed by atoms with Gasteiger partial charge in [-0.25, -0.2) is 4.68 Å². The molecule has 7 nitrogen and oxygen atoms in total. The van der Waals surface area contributed by atoms with Crippen molar-refractivity contribution in [2.75, 3.05) is 26.4 Å². The Labute approximate surface area is 175 Å². The molecular formula is C23H25N4O3+. The number of benzene rings is 1. The number of fused-ring (bicyclic) bond motifs is 1. The molecule has 1 saturated heterocycles. The Hall–Kier alpha value is -3.00. The molecule has 1 aromatic carbocycles. The van der Waals surface area contributed by atoms with Gasteiger partial charge in [0.05, 0.1) is 18.9 Å². The minimum Gasteiger partial charge on any atom is -0.485 e. The molecule has 4 heterocycles. The molecule has 0 spiro atoms. The van der Waals surface area contributed by atoms with Crippen molar-refractivity contribution in [3.05, 3.63) is 73.5 Å². The number of quaternary nitrogens is 1. The molecule has 3 aliphatic rings. The van der Waals surface area contributed by atoms with E-state index < -0.39 is 0 Å². The zero-order valence-corrected chi connectivity index (χ0v) is 16.8. The molecule has 0 saturated carbocycles. The van der Waals surface area contributed by atoms with E-state index in [-0.39, 0.29) is 6.10 Å². The molecule has 0 amide bonds. The summed E-state index contributed by atoms with van der Waals surface area (Å²) in [6, 6.07) is 10.0. The third kappa shape index (κ3) is 3.63. The maximum atomic E-state index is 6.17. The third-order valence-corrected chi connectivity index (χ3v) is 5.52. The first-order valence-electron chi connectivity index (χ1n) is 10.3. The lowest BCUT2D eigenvalue weighted by molar-refractivity contribution is -0.0388. The second kappa shape index (κ2) is 8.39. The first-order valence-corrected chi connectivity index (χ1v) is 10.3. The van der Waals surface area contributed by atoms with Crippen LogP contribution in [0.5, 0.6) is 5.75 Å². The molecule has 1 fully saturated rings. The molecule has 1 aromatic heterocycles. The number of aliphatic imine (C=N–C) groups is 1. The van der Waals surface area contributed by atoms with Crippen molar-refractivity contribution in [3.63, 3.8) is 0 Å². The van der Waals surface area contributed by atoms with Gasteiger partial charge >= 0.3 is 0 Å². The summed E-state index contributed by atoms with van der Waals surface area (Å²) in [4.78, 5) is 4.58. The maximum absolute atomic E-state index is 6.17. The highest BCUT2D eigenvalue weighted by Gasteiger charge is 2.40. The SMILES string of the molecule is C1=C[N+]2(c3ccccc3OCCOC3CCOCC3)C=C(n3cccn3)C=CC2=N1. The summed E-state index contributed by atoms with van der Waals surface area (Å²) in [6.07, 6.45) is 16.0. The summed E-state index contributed by atoms with van der Waals surface area (Å²) >= 11 is 0. The Morgan fingerprint density at radius 3 is 2.87 bits per heavy atom. The Balaban J connectivity index is 1.36. The van der Waals surface area contributed by atoms with Gasteiger partial charge in [-0.1, -0.05) is 12.1 Å². The van der Waals surface area contributed by atoms with E-state index in [1.807, 2.05) is 53.5 Å². The molecule has 154 valence electrons. The fraction of sp³-hybridized carbons (Fsp3) is 0.304. The van der Waals surface area contributed by atoms with E-state index in [4.69, 9.17) is 14.2 Å². The normalized spacial score (nSPS) is 23.2. The maximum Gasteiger partial charge on any atom is 0.242 e. The minimum atomic E-state index is 0.270. The predicted molar refractivity (Wildman–Crippen MR) is 116 cm³/mol. The molecule has 1 unspecified atom stereocenters. The molecule has 3 aliphatic heterocycles. The lowest BCUT2D eigenvalue weighted by Gasteiger charge is -2.30. The Bertz CT molecular complexity index is 1000. The number of hydrogen-bond acceptors (Lipinski definition) is 5. The van der Waals surface area contributed by atoms with Crippen molar-refractivity contribution in [1.29, 1.82) is 0 Å². The van der Waals surface area contributed by atoms with E-state index >= 15 is 0 Å². The van der Waals surface area contributed by atoms with Gasteiger partial charge in [-0.3, -0.25) is 0 Å². The summed E-state index contributed by atoms with van der Waals surface area (Å²) in [5, 5.41) is 4.37. The van der Waals surface area contributed by atoms with E-state index in [0.29, 0.717) is 17.7 Å². The topological polar surface area (TPSA) is 57.9 Å². The Morgan fingerprint density at radius 1 is 1.10 bits per heavy atom. The number of rotatable bonds is 7. The highest BCUT2D eigenvalue weighted by molar-refractivity contribution is 6.09. The van der Waals surface area contributed by atoms with Crippen LogP contribution in [0.3, 0.4) is 0 Å². The van der Waals surface area contributed by atoms with Crippen LogP contribution in [0.15, 0.2) is 78.5 Å². The largest absolute Gasteiger partial charge is 0.485 e. The van der Waals surface area contributed by atoms with Crippen molar-refractivity contribution >= 4 is 17.2 Å². The molecule has 30 heavy (non-hydrogen) atoms. The highest BCUT2D eigenvalue weighted by atomic mass is 16.5. The molecular weight excluding hydrogens is 380 g/mol. The van der Waals surface area contributed by atoms with Crippen molar-refractivity contribution < 1.29 is 14.2 Å². The second-order valence-corrected chi connectivity index (χ2v) is 7.40. The Kier molecular flexibility index (Phi) is 5.31. The van der Waals surface area contributed by atoms with Crippen LogP contribution in [0.4, 0.5) is 5.69 Å². The monoisotopic (exact) mass is 405 g/mol. The van der Waals surface area contributed by atoms with Crippen LogP contribution in [0.2, 0.25) is 0 Å². The smallest absolute Gasteiger partial charge is 0.242 e. The van der Waals surface area contributed by atoms with Gasteiger partial charge in [0, 0.05) is 37.7 Å². The van der Waals surface area contributed by atoms with Crippen LogP contribution >= 0.6 is 0 Å². The number of aromatic nitrogens is 2. The molecule has 0 bridgehead atoms. The first kappa shape index (κ1) is 19.0. The molecule has 0 radical (unpaired) electrons. The standard InChI is InChI=1S/C23H25N4O3/c1-2-5-22(30-17-16-29-20-8-14-28-15-9-20)21(4-1)27-13-11-24-23(27)7-6-19(18-27)26-12-3-10-25-26/h1-7,10-13,18,20H,8-9,14-17H2/q+1. The second-order valence-electron chi connectivity index (χ2n) is 7.40. The number of hydrogen-bond donors (Lipinski definition) is 0. The number of amidine groups is 1. The van der Waals surface area contributed by atoms with E-state index in [9.17, 15) is 0 Å². The molecule has 1 atom stereocenters. The minimum absolute atomic E-state index is 0.270. The summed E-state index contributed by atoms with van der Waals surface area (Å²) in [6.45, 7) is 2.61. The van der Waals surface area contributed by atoms with Gasteiger partial charge in [-0.15, -0.1) is 0 Å². The van der Waals surface area contributed by atoms with Gasteiger partial charge < -0.3 is 14.2 Å². The average molecular weight is 405 g/mol. The number of nitrogens with zero attached hydrogens (tertiary/aromatic N) is 4. The summed E-state index contributed by atoms with van der Waals surface area (Å²) < 4.78 is 19.7. The van der Waals surface area contributed by atoms with Crippen molar-refractivity contribution in [2.45, 2.75) is 18.9 Å². The van der Waals surface area contributed by atoms with Crippen LogP contribution < -0.4 is 9.22 Å². The highest BCUT2D eigenvalue weighted by Crippen LogP contribution is 2.40. The van der Waals surface area contributed by atoms with E-state index in [0.717, 1.165) is 49.0 Å². The van der Waals surface area contributed by atoms with Gasteiger partial charge in [0.25, 0.3) is 0 Å². The number of para-hydroxylation sites is 2. The summed E-state index contributed by atoms with van der Waals surface area (Å²) in [5.41, 5.74) is 1.98.